The normalized spacial score (nSPS) is 10.7. The van der Waals surface area contributed by atoms with Crippen LogP contribution in [0.4, 0.5) is 5.69 Å². The number of hydrogen-bond acceptors (Lipinski definition) is 2. The summed E-state index contributed by atoms with van der Waals surface area (Å²) in [5.74, 6) is 1.29. The van der Waals surface area contributed by atoms with Crippen LogP contribution in [0.25, 0.3) is 0 Å². The number of benzene rings is 2. The van der Waals surface area contributed by atoms with Gasteiger partial charge in [-0.1, -0.05) is 30.3 Å². The third kappa shape index (κ3) is 5.26. The molecule has 2 aromatic rings. The third-order valence-electron chi connectivity index (χ3n) is 2.94. The van der Waals surface area contributed by atoms with Gasteiger partial charge in [0.25, 0.3) is 0 Å². The number of nitrogens with one attached hydrogen (secondary N) is 1. The fraction of sp³-hybridized carbons (Fsp3) is 0.188. The molecule has 3 N–H and O–H groups in total. The highest BCUT2D eigenvalue weighted by Gasteiger charge is 2.00. The van der Waals surface area contributed by atoms with Crippen molar-refractivity contribution in [1.82, 2.24) is 0 Å². The second-order valence-corrected chi connectivity index (χ2v) is 4.50. The molecule has 0 amide bonds. The Morgan fingerprint density at radius 3 is 2.52 bits per heavy atom. The van der Waals surface area contributed by atoms with Gasteiger partial charge in [0.2, 0.25) is 0 Å². The second-order valence-electron chi connectivity index (χ2n) is 4.50. The lowest BCUT2D eigenvalue weighted by Gasteiger charge is -2.07. The first-order chi connectivity index (χ1) is 9.69. The number of aliphatic imine (C=N–C) groups is 1. The topological polar surface area (TPSA) is 59.6 Å². The van der Waals surface area contributed by atoms with Gasteiger partial charge in [0.1, 0.15) is 5.75 Å². The largest absolute Gasteiger partial charge is 0.496 e. The number of hydrogen-bond donors (Lipinski definition) is 2. The van der Waals surface area contributed by atoms with Gasteiger partial charge in [0.05, 0.1) is 13.7 Å². The zero-order valence-electron chi connectivity index (χ0n) is 12.2. The Balaban J connectivity index is 0.00000220. The van der Waals surface area contributed by atoms with E-state index in [9.17, 15) is 0 Å². The molecule has 0 saturated carbocycles. The van der Waals surface area contributed by atoms with Crippen LogP contribution in [-0.2, 0) is 6.54 Å². The lowest BCUT2D eigenvalue weighted by atomic mass is 10.1. The molecule has 2 aromatic carbocycles. The van der Waals surface area contributed by atoms with Crippen LogP contribution in [0.15, 0.2) is 53.5 Å². The van der Waals surface area contributed by atoms with Crippen LogP contribution in [-0.4, -0.2) is 13.1 Å². The first-order valence-corrected chi connectivity index (χ1v) is 6.44. The summed E-state index contributed by atoms with van der Waals surface area (Å²) in [5, 5.41) is 3.05. The summed E-state index contributed by atoms with van der Waals surface area (Å²) in [6.07, 6.45) is 0. The van der Waals surface area contributed by atoms with Crippen molar-refractivity contribution in [3.05, 3.63) is 59.7 Å². The molecular formula is C16H20IN3O. The Hall–Kier alpha value is -1.76. The van der Waals surface area contributed by atoms with Crippen LogP contribution in [0, 0.1) is 6.92 Å². The number of para-hydroxylation sites is 1. The average Bonchev–Trinajstić information content (AvgIpc) is 2.46. The van der Waals surface area contributed by atoms with Crippen molar-refractivity contribution < 1.29 is 4.74 Å². The number of anilines is 1. The van der Waals surface area contributed by atoms with E-state index in [0.29, 0.717) is 12.5 Å². The Labute approximate surface area is 142 Å². The average molecular weight is 397 g/mol. The quantitative estimate of drug-likeness (QED) is 0.471. The van der Waals surface area contributed by atoms with Gasteiger partial charge in [-0.25, -0.2) is 4.99 Å². The predicted octanol–water partition coefficient (Wildman–Crippen LogP) is 3.55. The van der Waals surface area contributed by atoms with Crippen LogP contribution in [0.1, 0.15) is 11.1 Å². The van der Waals surface area contributed by atoms with Gasteiger partial charge in [-0.2, -0.15) is 0 Å². The molecule has 0 radical (unpaired) electrons. The molecule has 0 aromatic heterocycles. The summed E-state index contributed by atoms with van der Waals surface area (Å²) in [6.45, 7) is 2.55. The molecule has 0 bridgehead atoms. The molecule has 5 heteroatoms. The van der Waals surface area contributed by atoms with E-state index in [1.807, 2.05) is 49.4 Å². The summed E-state index contributed by atoms with van der Waals surface area (Å²) >= 11 is 0. The second kappa shape index (κ2) is 8.51. The number of rotatable bonds is 4. The molecule has 4 nitrogen and oxygen atoms in total. The van der Waals surface area contributed by atoms with Crippen molar-refractivity contribution in [2.24, 2.45) is 10.7 Å². The molecule has 0 aliphatic heterocycles. The van der Waals surface area contributed by atoms with Crippen molar-refractivity contribution in [2.75, 3.05) is 12.4 Å². The van der Waals surface area contributed by atoms with Crippen molar-refractivity contribution in [1.29, 1.82) is 0 Å². The fourth-order valence-corrected chi connectivity index (χ4v) is 1.92. The Morgan fingerprint density at radius 1 is 1.19 bits per heavy atom. The zero-order chi connectivity index (χ0) is 14.4. The number of aryl methyl sites for hydroxylation is 1. The van der Waals surface area contributed by atoms with Crippen molar-refractivity contribution in [3.8, 4) is 5.75 Å². The fourth-order valence-electron chi connectivity index (χ4n) is 1.92. The van der Waals surface area contributed by atoms with Crippen LogP contribution in [0.3, 0.4) is 0 Å². The van der Waals surface area contributed by atoms with E-state index in [4.69, 9.17) is 10.5 Å². The zero-order valence-corrected chi connectivity index (χ0v) is 14.5. The van der Waals surface area contributed by atoms with Gasteiger partial charge in [0, 0.05) is 5.69 Å². The molecule has 0 unspecified atom stereocenters. The lowest BCUT2D eigenvalue weighted by molar-refractivity contribution is 0.411. The summed E-state index contributed by atoms with van der Waals surface area (Å²) in [7, 11) is 1.67. The van der Waals surface area contributed by atoms with Crippen LogP contribution in [0.2, 0.25) is 0 Å². The molecule has 0 aliphatic carbocycles. The van der Waals surface area contributed by atoms with Gasteiger partial charge in [-0.05, 0) is 36.2 Å². The SMILES string of the molecule is COc1ccc(CN=C(N)Nc2ccccc2)cc1C.I. The number of methoxy groups -OCH3 is 1. The van der Waals surface area contributed by atoms with Crippen molar-refractivity contribution in [2.45, 2.75) is 13.5 Å². The van der Waals surface area contributed by atoms with Gasteiger partial charge in [-0.3, -0.25) is 0 Å². The van der Waals surface area contributed by atoms with E-state index in [1.54, 1.807) is 7.11 Å². The van der Waals surface area contributed by atoms with E-state index in [2.05, 4.69) is 16.4 Å². The van der Waals surface area contributed by atoms with Crippen LogP contribution >= 0.6 is 24.0 Å². The number of nitrogens with two attached hydrogens (primary N) is 1. The minimum absolute atomic E-state index is 0. The lowest BCUT2D eigenvalue weighted by Crippen LogP contribution is -2.22. The minimum atomic E-state index is 0. The predicted molar refractivity (Wildman–Crippen MR) is 98.5 cm³/mol. The summed E-state index contributed by atoms with van der Waals surface area (Å²) < 4.78 is 5.23. The minimum Gasteiger partial charge on any atom is -0.496 e. The van der Waals surface area contributed by atoms with Gasteiger partial charge < -0.3 is 15.8 Å². The highest BCUT2D eigenvalue weighted by atomic mass is 127. The highest BCUT2D eigenvalue weighted by Crippen LogP contribution is 2.18. The van der Waals surface area contributed by atoms with E-state index >= 15 is 0 Å². The maximum absolute atomic E-state index is 5.86. The maximum atomic E-state index is 5.86. The molecule has 0 fully saturated rings. The van der Waals surface area contributed by atoms with E-state index in [0.717, 1.165) is 22.6 Å². The van der Waals surface area contributed by atoms with Crippen LogP contribution in [0.5, 0.6) is 5.75 Å². The monoisotopic (exact) mass is 397 g/mol. The number of halogens is 1. The standard InChI is InChI=1S/C16H19N3O.HI/c1-12-10-13(8-9-15(12)20-2)11-18-16(17)19-14-6-4-3-5-7-14;/h3-10H,11H2,1-2H3,(H3,17,18,19);1H. The van der Waals surface area contributed by atoms with Gasteiger partial charge in [0.15, 0.2) is 5.96 Å². The number of ether oxygens (including phenoxy) is 1. The number of nitrogens with zero attached hydrogens (tertiary/aromatic N) is 1. The molecule has 0 spiro atoms. The molecule has 21 heavy (non-hydrogen) atoms. The first-order valence-electron chi connectivity index (χ1n) is 6.44. The summed E-state index contributed by atoms with van der Waals surface area (Å²) in [6, 6.07) is 15.7. The molecule has 0 atom stereocenters. The van der Waals surface area contributed by atoms with E-state index in [-0.39, 0.29) is 24.0 Å². The molecule has 112 valence electrons. The maximum Gasteiger partial charge on any atom is 0.193 e. The van der Waals surface area contributed by atoms with Gasteiger partial charge >= 0.3 is 0 Å². The van der Waals surface area contributed by atoms with Crippen LogP contribution < -0.4 is 15.8 Å². The van der Waals surface area contributed by atoms with E-state index in [1.165, 1.54) is 0 Å². The molecule has 0 heterocycles. The smallest absolute Gasteiger partial charge is 0.193 e. The Morgan fingerprint density at radius 2 is 1.90 bits per heavy atom. The highest BCUT2D eigenvalue weighted by molar-refractivity contribution is 14.0. The molecular weight excluding hydrogens is 377 g/mol. The summed E-state index contributed by atoms with van der Waals surface area (Å²) in [4.78, 5) is 4.33. The Bertz CT molecular complexity index is 600. The summed E-state index contributed by atoms with van der Waals surface area (Å²) in [5.41, 5.74) is 8.98. The number of guanidine groups is 1. The third-order valence-corrected chi connectivity index (χ3v) is 2.94. The first kappa shape index (κ1) is 17.3. The Kier molecular flexibility index (Phi) is 7.01. The molecule has 0 saturated heterocycles. The van der Waals surface area contributed by atoms with Gasteiger partial charge in [-0.15, -0.1) is 24.0 Å². The molecule has 2 rings (SSSR count). The van der Waals surface area contributed by atoms with E-state index < -0.39 is 0 Å². The van der Waals surface area contributed by atoms with Crippen molar-refractivity contribution in [3.63, 3.8) is 0 Å². The molecule has 0 aliphatic rings. The van der Waals surface area contributed by atoms with Crippen molar-refractivity contribution >= 4 is 35.6 Å².